The van der Waals surface area contributed by atoms with Crippen molar-refractivity contribution in [1.29, 1.82) is 0 Å². The molecule has 0 aliphatic rings. The van der Waals surface area contributed by atoms with Crippen LogP contribution in [0.3, 0.4) is 0 Å². The summed E-state index contributed by atoms with van der Waals surface area (Å²) in [5.74, 6) is 1.13. The molecule has 210 valence electrons. The fourth-order valence-corrected chi connectivity index (χ4v) is 5.23. The van der Waals surface area contributed by atoms with Crippen LogP contribution in [0.4, 0.5) is 0 Å². The van der Waals surface area contributed by atoms with Crippen LogP contribution in [0.5, 0.6) is 0 Å². The lowest BCUT2D eigenvalue weighted by atomic mass is 10.1. The molecule has 0 bridgehead atoms. The zero-order valence-electron chi connectivity index (χ0n) is 24.9. The highest BCUT2D eigenvalue weighted by Crippen LogP contribution is 2.21. The number of hydrogen-bond donors (Lipinski definition) is 0. The predicted octanol–water partition coefficient (Wildman–Crippen LogP) is 10.4. The van der Waals surface area contributed by atoms with Gasteiger partial charge in [-0.25, -0.2) is 0 Å². The van der Waals surface area contributed by atoms with E-state index in [9.17, 15) is 0 Å². The van der Waals surface area contributed by atoms with Gasteiger partial charge in [0.05, 0.1) is 5.03 Å². The third-order valence-corrected chi connectivity index (χ3v) is 7.55. The van der Waals surface area contributed by atoms with Crippen molar-refractivity contribution in [2.45, 2.75) is 123 Å². The maximum atomic E-state index is 4.43. The molecule has 0 unspecified atom stereocenters. The molecule has 0 radical (unpaired) electrons. The summed E-state index contributed by atoms with van der Waals surface area (Å²) >= 11 is 1.94. The number of hydrogen-bond acceptors (Lipinski definition) is 3. The number of nitrogens with zero attached hydrogens (tertiary/aromatic N) is 2. The number of rotatable bonds is 27. The zero-order chi connectivity index (χ0) is 26.7. The smallest absolute Gasteiger partial charge is 0.0634 e. The van der Waals surface area contributed by atoms with E-state index in [1.807, 2.05) is 11.8 Å². The van der Waals surface area contributed by atoms with Gasteiger partial charge in [0.15, 0.2) is 0 Å². The molecule has 0 fully saturated rings. The minimum atomic E-state index is 1.10. The van der Waals surface area contributed by atoms with Crippen molar-refractivity contribution < 1.29 is 0 Å². The minimum Gasteiger partial charge on any atom is -0.367 e. The van der Waals surface area contributed by atoms with Crippen LogP contribution in [0.2, 0.25) is 0 Å². The Morgan fingerprint density at radius 3 is 1.75 bits per heavy atom. The van der Waals surface area contributed by atoms with E-state index in [0.29, 0.717) is 0 Å². The van der Waals surface area contributed by atoms with Crippen LogP contribution in [0.1, 0.15) is 123 Å². The summed E-state index contributed by atoms with van der Waals surface area (Å²) in [6.45, 7) is 16.3. The first-order chi connectivity index (χ1) is 17.5. The maximum Gasteiger partial charge on any atom is 0.0634 e. The van der Waals surface area contributed by atoms with E-state index in [0.717, 1.165) is 18.7 Å². The fourth-order valence-electron chi connectivity index (χ4n) is 4.17. The average Bonchev–Trinajstić information content (AvgIpc) is 2.83. The Labute approximate surface area is 231 Å². The SMILES string of the molecule is C=C(C)CCCCCCCN(CCCCCC/C=C/CC=CCCCCCC)C(=C)SCCN(C)C. The van der Waals surface area contributed by atoms with E-state index >= 15 is 0 Å². The Morgan fingerprint density at radius 2 is 1.19 bits per heavy atom. The van der Waals surface area contributed by atoms with Crippen LogP contribution in [0.25, 0.3) is 0 Å². The van der Waals surface area contributed by atoms with Crippen molar-refractivity contribution in [3.8, 4) is 0 Å². The second-order valence-corrected chi connectivity index (χ2v) is 11.9. The number of allylic oxidation sites excluding steroid dienone is 5. The highest BCUT2D eigenvalue weighted by Gasteiger charge is 2.08. The first-order valence-corrected chi connectivity index (χ1v) is 16.1. The average molecular weight is 519 g/mol. The lowest BCUT2D eigenvalue weighted by Gasteiger charge is -2.27. The summed E-state index contributed by atoms with van der Waals surface area (Å²) in [5, 5.41) is 1.28. The van der Waals surface area contributed by atoms with Gasteiger partial charge in [-0.3, -0.25) is 0 Å². The van der Waals surface area contributed by atoms with Gasteiger partial charge in [0, 0.05) is 25.4 Å². The molecule has 0 atom stereocenters. The monoisotopic (exact) mass is 518 g/mol. The van der Waals surface area contributed by atoms with Gasteiger partial charge in [-0.2, -0.15) is 0 Å². The van der Waals surface area contributed by atoms with E-state index in [-0.39, 0.29) is 0 Å². The molecule has 36 heavy (non-hydrogen) atoms. The molecular weight excluding hydrogens is 456 g/mol. The summed E-state index contributed by atoms with van der Waals surface area (Å²) in [6.07, 6.45) is 31.5. The van der Waals surface area contributed by atoms with Crippen molar-refractivity contribution in [1.82, 2.24) is 9.80 Å². The summed E-state index contributed by atoms with van der Waals surface area (Å²) in [7, 11) is 4.30. The molecule has 0 amide bonds. The van der Waals surface area contributed by atoms with Crippen LogP contribution in [-0.2, 0) is 0 Å². The molecule has 0 saturated heterocycles. The van der Waals surface area contributed by atoms with Gasteiger partial charge in [-0.05, 0) is 78.8 Å². The minimum absolute atomic E-state index is 1.10. The van der Waals surface area contributed by atoms with Gasteiger partial charge in [0.2, 0.25) is 0 Å². The van der Waals surface area contributed by atoms with Crippen molar-refractivity contribution in [2.24, 2.45) is 0 Å². The summed E-state index contributed by atoms with van der Waals surface area (Å²) in [6, 6.07) is 0. The zero-order valence-corrected chi connectivity index (χ0v) is 25.7. The lowest BCUT2D eigenvalue weighted by Crippen LogP contribution is -2.25. The largest absolute Gasteiger partial charge is 0.367 e. The molecule has 0 aromatic carbocycles. The first kappa shape index (κ1) is 35.1. The molecule has 0 aromatic heterocycles. The first-order valence-electron chi connectivity index (χ1n) is 15.1. The Hall–Kier alpha value is -0.930. The molecule has 0 spiro atoms. The van der Waals surface area contributed by atoms with Crippen molar-refractivity contribution in [3.05, 3.63) is 48.1 Å². The van der Waals surface area contributed by atoms with E-state index in [4.69, 9.17) is 0 Å². The molecule has 0 rings (SSSR count). The molecule has 2 nitrogen and oxygen atoms in total. The lowest BCUT2D eigenvalue weighted by molar-refractivity contribution is 0.343. The summed E-state index contributed by atoms with van der Waals surface area (Å²) in [4.78, 5) is 4.83. The third-order valence-electron chi connectivity index (χ3n) is 6.57. The topological polar surface area (TPSA) is 6.48 Å². The highest BCUT2D eigenvalue weighted by atomic mass is 32.2. The van der Waals surface area contributed by atoms with Crippen molar-refractivity contribution >= 4 is 11.8 Å². The highest BCUT2D eigenvalue weighted by molar-refractivity contribution is 8.02. The fraction of sp³-hybridized carbons (Fsp3) is 0.758. The molecule has 0 N–H and O–H groups in total. The molecular formula is C33H62N2S. The Kier molecular flexibility index (Phi) is 26.4. The molecule has 0 heterocycles. The van der Waals surface area contributed by atoms with Crippen LogP contribution < -0.4 is 0 Å². The summed E-state index contributed by atoms with van der Waals surface area (Å²) in [5.41, 5.74) is 1.32. The molecule has 0 aliphatic carbocycles. The number of thioether (sulfide) groups is 1. The van der Waals surface area contributed by atoms with E-state index in [1.165, 1.54) is 126 Å². The quantitative estimate of drug-likeness (QED) is 0.0788. The van der Waals surface area contributed by atoms with E-state index < -0.39 is 0 Å². The van der Waals surface area contributed by atoms with Gasteiger partial charge in [-0.1, -0.05) is 94.7 Å². The van der Waals surface area contributed by atoms with E-state index in [2.05, 4.69) is 75.2 Å². The molecule has 0 saturated carbocycles. The van der Waals surface area contributed by atoms with Gasteiger partial charge in [0.25, 0.3) is 0 Å². The van der Waals surface area contributed by atoms with Crippen LogP contribution in [0, 0.1) is 0 Å². The van der Waals surface area contributed by atoms with Crippen molar-refractivity contribution in [2.75, 3.05) is 39.5 Å². The van der Waals surface area contributed by atoms with Gasteiger partial charge in [0.1, 0.15) is 0 Å². The van der Waals surface area contributed by atoms with Crippen LogP contribution in [0.15, 0.2) is 48.1 Å². The summed E-state index contributed by atoms with van der Waals surface area (Å²) < 4.78 is 0. The second-order valence-electron chi connectivity index (χ2n) is 10.7. The van der Waals surface area contributed by atoms with Gasteiger partial charge < -0.3 is 9.80 Å². The Morgan fingerprint density at radius 1 is 0.667 bits per heavy atom. The van der Waals surface area contributed by atoms with E-state index in [1.54, 1.807) is 0 Å². The van der Waals surface area contributed by atoms with Crippen molar-refractivity contribution in [3.63, 3.8) is 0 Å². The molecule has 0 aromatic rings. The number of unbranched alkanes of at least 4 members (excludes halogenated alkanes) is 12. The second kappa shape index (κ2) is 27.1. The Bertz CT molecular complexity index is 564. The normalized spacial score (nSPS) is 11.8. The molecule has 0 aliphatic heterocycles. The predicted molar refractivity (Wildman–Crippen MR) is 169 cm³/mol. The van der Waals surface area contributed by atoms with Gasteiger partial charge >= 0.3 is 0 Å². The van der Waals surface area contributed by atoms with Crippen LogP contribution in [-0.4, -0.2) is 49.3 Å². The van der Waals surface area contributed by atoms with Gasteiger partial charge in [-0.15, -0.1) is 18.3 Å². The standard InChI is InChI=1S/C33H62N2S/c1-7-8-9-10-11-12-13-14-15-16-17-18-19-22-25-28-35(33(4)36-31-30-34(5)6)29-26-23-20-21-24-27-32(2)3/h12-13,15-16H,2,4,7-11,14,17-31H2,1,3,5-6H3/b13-12?,16-15+. The Balaban J connectivity index is 4.01. The third kappa shape index (κ3) is 26.1. The molecule has 3 heteroatoms. The maximum absolute atomic E-state index is 4.43. The van der Waals surface area contributed by atoms with Crippen LogP contribution >= 0.6 is 11.8 Å².